The fraction of sp³-hybridized carbons (Fsp3) is 0.773. The Morgan fingerprint density at radius 1 is 1.32 bits per heavy atom. The maximum atomic E-state index is 12.5. The van der Waals surface area contributed by atoms with Gasteiger partial charge in [-0.15, -0.1) is 0 Å². The highest BCUT2D eigenvalue weighted by Gasteiger charge is 2.60. The minimum Gasteiger partial charge on any atom is -0.498 e. The number of aliphatic hydroxyl groups excluding tert-OH is 1. The molecular weight excluding hydrogens is 312 g/mol. The van der Waals surface area contributed by atoms with Gasteiger partial charge in [-0.2, -0.15) is 0 Å². The van der Waals surface area contributed by atoms with Gasteiger partial charge in [-0.05, 0) is 67.9 Å². The van der Waals surface area contributed by atoms with E-state index < -0.39 is 0 Å². The zero-order chi connectivity index (χ0) is 17.8. The first-order valence-electron chi connectivity index (χ1n) is 10.2. The van der Waals surface area contributed by atoms with Crippen molar-refractivity contribution < 1.29 is 14.6 Å². The van der Waals surface area contributed by atoms with Gasteiger partial charge in [0.2, 0.25) is 0 Å². The van der Waals surface area contributed by atoms with Gasteiger partial charge in [0.1, 0.15) is 5.78 Å². The van der Waals surface area contributed by atoms with Gasteiger partial charge in [0, 0.05) is 23.7 Å². The lowest BCUT2D eigenvalue weighted by Crippen LogP contribution is -2.54. The zero-order valence-electron chi connectivity index (χ0n) is 15.9. The van der Waals surface area contributed by atoms with Crippen molar-refractivity contribution in [3.05, 3.63) is 23.5 Å². The van der Waals surface area contributed by atoms with Crippen LogP contribution in [0.15, 0.2) is 23.5 Å². The monoisotopic (exact) mass is 344 g/mol. The molecule has 138 valence electrons. The molecule has 0 aromatic carbocycles. The molecule has 0 unspecified atom stereocenters. The minimum absolute atomic E-state index is 0.104. The summed E-state index contributed by atoms with van der Waals surface area (Å²) < 4.78 is 5.82. The number of aliphatic hydroxyl groups is 1. The molecule has 0 aliphatic heterocycles. The number of ketones is 1. The van der Waals surface area contributed by atoms with Crippen LogP contribution < -0.4 is 0 Å². The summed E-state index contributed by atoms with van der Waals surface area (Å²) in [5.74, 6) is 3.48. The fourth-order valence-electron chi connectivity index (χ4n) is 6.90. The van der Waals surface area contributed by atoms with Crippen LogP contribution in [0.1, 0.15) is 59.3 Å². The Balaban J connectivity index is 1.74. The first-order chi connectivity index (χ1) is 12.0. The van der Waals surface area contributed by atoms with Gasteiger partial charge in [0.15, 0.2) is 0 Å². The number of ether oxygens (including phenoxy) is 1. The lowest BCUT2D eigenvalue weighted by Gasteiger charge is -2.58. The number of carbonyl (C=O) groups is 1. The van der Waals surface area contributed by atoms with Crippen LogP contribution in [0, 0.1) is 34.5 Å². The summed E-state index contributed by atoms with van der Waals surface area (Å²) in [4.78, 5) is 12.5. The molecule has 4 aliphatic rings. The number of hydrogen-bond donors (Lipinski definition) is 1. The second-order valence-corrected chi connectivity index (χ2v) is 9.04. The zero-order valence-corrected chi connectivity index (χ0v) is 15.9. The topological polar surface area (TPSA) is 46.5 Å². The maximum Gasteiger partial charge on any atom is 0.139 e. The lowest BCUT2D eigenvalue weighted by molar-refractivity contribution is -0.133. The standard InChI is InChI=1S/C22H32O3/c1-4-25-16-11-14(2)22(13-23)15(12-16)5-6-17-18-7-8-20(24)21(18,3)10-9-19(17)22/h5,12,14,17-19,23H,4,6-11,13H2,1-3H3/t14-,17-,18-,19-,21-,22-/m0/s1. The molecule has 0 radical (unpaired) electrons. The van der Waals surface area contributed by atoms with Crippen molar-refractivity contribution in [3.8, 4) is 0 Å². The summed E-state index contributed by atoms with van der Waals surface area (Å²) in [6, 6.07) is 0. The van der Waals surface area contributed by atoms with E-state index in [1.165, 1.54) is 5.57 Å². The van der Waals surface area contributed by atoms with Gasteiger partial charge in [0.05, 0.1) is 19.0 Å². The first kappa shape index (κ1) is 17.3. The molecule has 0 spiro atoms. The van der Waals surface area contributed by atoms with Crippen molar-refractivity contribution in [2.75, 3.05) is 13.2 Å². The Morgan fingerprint density at radius 3 is 2.84 bits per heavy atom. The molecule has 25 heavy (non-hydrogen) atoms. The molecular formula is C22H32O3. The Hall–Kier alpha value is -1.09. The number of carbonyl (C=O) groups excluding carboxylic acids is 1. The molecule has 4 aliphatic carbocycles. The highest BCUT2D eigenvalue weighted by molar-refractivity contribution is 5.87. The number of hydrogen-bond acceptors (Lipinski definition) is 3. The average molecular weight is 344 g/mol. The predicted molar refractivity (Wildman–Crippen MR) is 97.8 cm³/mol. The van der Waals surface area contributed by atoms with Crippen molar-refractivity contribution in [3.63, 3.8) is 0 Å². The van der Waals surface area contributed by atoms with E-state index in [2.05, 4.69) is 26.0 Å². The molecule has 2 saturated carbocycles. The molecule has 6 atom stereocenters. The van der Waals surface area contributed by atoms with E-state index in [9.17, 15) is 9.90 Å². The van der Waals surface area contributed by atoms with Crippen LogP contribution in [0.25, 0.3) is 0 Å². The third-order valence-electron chi connectivity index (χ3n) is 8.25. The molecule has 0 aromatic rings. The number of allylic oxidation sites excluding steroid dienone is 3. The van der Waals surface area contributed by atoms with Crippen LogP contribution in [0.4, 0.5) is 0 Å². The quantitative estimate of drug-likeness (QED) is 0.832. The van der Waals surface area contributed by atoms with Gasteiger partial charge in [-0.25, -0.2) is 0 Å². The molecule has 3 heteroatoms. The van der Waals surface area contributed by atoms with Crippen LogP contribution in [0.2, 0.25) is 0 Å². The lowest BCUT2D eigenvalue weighted by atomic mass is 9.46. The summed E-state index contributed by atoms with van der Waals surface area (Å²) in [6.07, 6.45) is 10.4. The van der Waals surface area contributed by atoms with E-state index in [1.807, 2.05) is 6.92 Å². The van der Waals surface area contributed by atoms with E-state index in [4.69, 9.17) is 4.74 Å². The molecule has 0 aromatic heterocycles. The van der Waals surface area contributed by atoms with Crippen LogP contribution in [-0.4, -0.2) is 24.1 Å². The Bertz CT molecular complexity index is 633. The second-order valence-electron chi connectivity index (χ2n) is 9.04. The highest BCUT2D eigenvalue weighted by Crippen LogP contribution is 2.64. The van der Waals surface area contributed by atoms with E-state index in [0.717, 1.165) is 44.3 Å². The number of Topliss-reactive ketones (excluding diaryl/α,β-unsaturated/α-hetero) is 1. The van der Waals surface area contributed by atoms with Gasteiger partial charge < -0.3 is 9.84 Å². The van der Waals surface area contributed by atoms with E-state index in [1.54, 1.807) is 0 Å². The fourth-order valence-corrected chi connectivity index (χ4v) is 6.90. The SMILES string of the molecule is CCOC1=CC2=CC[C@@H]3[C@H](CC[C@]4(C)C(=O)CC[C@@H]34)[C@@]2(CO)[C@@H](C)C1. The number of rotatable bonds is 3. The van der Waals surface area contributed by atoms with Crippen LogP contribution in [0.3, 0.4) is 0 Å². The van der Waals surface area contributed by atoms with E-state index >= 15 is 0 Å². The van der Waals surface area contributed by atoms with E-state index in [0.29, 0.717) is 36.1 Å². The highest BCUT2D eigenvalue weighted by atomic mass is 16.5. The van der Waals surface area contributed by atoms with Crippen molar-refractivity contribution >= 4 is 5.78 Å². The van der Waals surface area contributed by atoms with Gasteiger partial charge in [0.25, 0.3) is 0 Å². The molecule has 3 nitrogen and oxygen atoms in total. The maximum absolute atomic E-state index is 12.5. The Morgan fingerprint density at radius 2 is 2.12 bits per heavy atom. The van der Waals surface area contributed by atoms with Crippen molar-refractivity contribution in [1.29, 1.82) is 0 Å². The number of fused-ring (bicyclic) bond motifs is 5. The van der Waals surface area contributed by atoms with Crippen molar-refractivity contribution in [2.24, 2.45) is 34.5 Å². The van der Waals surface area contributed by atoms with Gasteiger partial charge in [-0.1, -0.05) is 19.9 Å². The van der Waals surface area contributed by atoms with Crippen molar-refractivity contribution in [2.45, 2.75) is 59.3 Å². The molecule has 0 amide bonds. The molecule has 0 saturated heterocycles. The third kappa shape index (κ3) is 2.24. The summed E-state index contributed by atoms with van der Waals surface area (Å²) in [6.45, 7) is 7.45. The summed E-state index contributed by atoms with van der Waals surface area (Å²) in [5.41, 5.74) is 1.05. The largest absolute Gasteiger partial charge is 0.498 e. The second kappa shape index (κ2) is 5.97. The third-order valence-corrected chi connectivity index (χ3v) is 8.25. The molecule has 4 rings (SSSR count). The smallest absolute Gasteiger partial charge is 0.139 e. The molecule has 2 fully saturated rings. The van der Waals surface area contributed by atoms with Crippen molar-refractivity contribution in [1.82, 2.24) is 0 Å². The van der Waals surface area contributed by atoms with Gasteiger partial charge >= 0.3 is 0 Å². The van der Waals surface area contributed by atoms with Crippen LogP contribution in [0.5, 0.6) is 0 Å². The first-order valence-corrected chi connectivity index (χ1v) is 10.2. The summed E-state index contributed by atoms with van der Waals surface area (Å²) in [5, 5.41) is 10.6. The van der Waals surface area contributed by atoms with Crippen LogP contribution in [-0.2, 0) is 9.53 Å². The molecule has 1 N–H and O–H groups in total. The molecule has 0 bridgehead atoms. The Kier molecular flexibility index (Phi) is 4.14. The average Bonchev–Trinajstić information content (AvgIpc) is 2.90. The minimum atomic E-state index is -0.142. The summed E-state index contributed by atoms with van der Waals surface area (Å²) in [7, 11) is 0. The van der Waals surface area contributed by atoms with Crippen LogP contribution >= 0.6 is 0 Å². The predicted octanol–water partition coefficient (Wildman–Crippen LogP) is 4.27. The normalized spacial score (nSPS) is 45.8. The van der Waals surface area contributed by atoms with E-state index in [-0.39, 0.29) is 17.4 Å². The van der Waals surface area contributed by atoms with Gasteiger partial charge in [-0.3, -0.25) is 4.79 Å². The molecule has 0 heterocycles. The summed E-state index contributed by atoms with van der Waals surface area (Å²) >= 11 is 0. The Labute approximate surface area is 151 Å².